The molecule has 0 radical (unpaired) electrons. The van der Waals surface area contributed by atoms with Crippen LogP contribution in [0.25, 0.3) is 6.08 Å². The Hall–Kier alpha value is -2.23. The number of hydrogen-bond donors (Lipinski definition) is 1. The molecule has 0 saturated heterocycles. The molecule has 0 bridgehead atoms. The fourth-order valence-corrected chi connectivity index (χ4v) is 3.52. The van der Waals surface area contributed by atoms with Crippen molar-refractivity contribution in [3.05, 3.63) is 42.0 Å². The summed E-state index contributed by atoms with van der Waals surface area (Å²) in [7, 11) is 1.49. The van der Waals surface area contributed by atoms with Crippen LogP contribution in [0, 0.1) is 0 Å². The van der Waals surface area contributed by atoms with Gasteiger partial charge in [0, 0.05) is 6.08 Å². The number of carbonyl (C=O) groups is 1. The fraction of sp³-hybridized carbons (Fsp3) is 0.607. The van der Waals surface area contributed by atoms with Gasteiger partial charge in [-0.1, -0.05) is 89.4 Å². The minimum atomic E-state index is -0.339. The summed E-state index contributed by atoms with van der Waals surface area (Å²) in [4.78, 5) is 11.8. The van der Waals surface area contributed by atoms with E-state index in [4.69, 9.17) is 9.47 Å². The molecule has 0 heterocycles. The summed E-state index contributed by atoms with van der Waals surface area (Å²) in [6.07, 6.45) is 25.4. The first-order valence-electron chi connectivity index (χ1n) is 12.5. The van der Waals surface area contributed by atoms with E-state index in [9.17, 15) is 9.90 Å². The summed E-state index contributed by atoms with van der Waals surface area (Å²) in [5.74, 6) is 0.119. The summed E-state index contributed by atoms with van der Waals surface area (Å²) in [6, 6.07) is 4.93. The Morgan fingerprint density at radius 3 is 2.09 bits per heavy atom. The molecule has 180 valence electrons. The standard InChI is InChI=1S/C28H44O4/c1-3-4-5-6-7-8-9-10-11-12-13-14-15-16-17-18-23-32-28(30)22-20-25-19-21-26(29)27(24-25)31-2/h6-7,19-22,24,29H,3-5,8-18,23H2,1-2H3/b7-6+,22-20+. The second-order valence-corrected chi connectivity index (χ2v) is 8.37. The van der Waals surface area contributed by atoms with E-state index in [1.54, 1.807) is 18.2 Å². The van der Waals surface area contributed by atoms with E-state index < -0.39 is 0 Å². The molecular weight excluding hydrogens is 400 g/mol. The van der Waals surface area contributed by atoms with E-state index in [0.29, 0.717) is 12.4 Å². The van der Waals surface area contributed by atoms with Crippen LogP contribution in [0.4, 0.5) is 0 Å². The lowest BCUT2D eigenvalue weighted by atomic mass is 10.1. The Morgan fingerprint density at radius 1 is 0.875 bits per heavy atom. The first-order chi connectivity index (χ1) is 15.7. The molecule has 0 aliphatic carbocycles. The third-order valence-corrected chi connectivity index (χ3v) is 5.52. The zero-order valence-electron chi connectivity index (χ0n) is 20.3. The number of ether oxygens (including phenoxy) is 2. The quantitative estimate of drug-likeness (QED) is 0.102. The molecule has 0 aromatic heterocycles. The van der Waals surface area contributed by atoms with Gasteiger partial charge < -0.3 is 14.6 Å². The van der Waals surface area contributed by atoms with Gasteiger partial charge in [0.15, 0.2) is 11.5 Å². The summed E-state index contributed by atoms with van der Waals surface area (Å²) < 4.78 is 10.3. The summed E-state index contributed by atoms with van der Waals surface area (Å²) in [6.45, 7) is 2.71. The number of methoxy groups -OCH3 is 1. The van der Waals surface area contributed by atoms with Gasteiger partial charge in [-0.2, -0.15) is 0 Å². The van der Waals surface area contributed by atoms with Crippen LogP contribution in [0.2, 0.25) is 0 Å². The molecule has 0 amide bonds. The van der Waals surface area contributed by atoms with Crippen molar-refractivity contribution in [3.63, 3.8) is 0 Å². The normalized spacial score (nSPS) is 11.4. The van der Waals surface area contributed by atoms with E-state index in [2.05, 4.69) is 19.1 Å². The number of phenols is 1. The molecule has 0 fully saturated rings. The Balaban J connectivity index is 1.91. The van der Waals surface area contributed by atoms with Crippen molar-refractivity contribution >= 4 is 12.0 Å². The zero-order valence-corrected chi connectivity index (χ0v) is 20.3. The predicted octanol–water partition coefficient (Wildman–Crippen LogP) is 7.99. The number of aromatic hydroxyl groups is 1. The number of allylic oxidation sites excluding steroid dienone is 2. The van der Waals surface area contributed by atoms with Gasteiger partial charge in [0.1, 0.15) is 0 Å². The van der Waals surface area contributed by atoms with Gasteiger partial charge in [0.2, 0.25) is 0 Å². The van der Waals surface area contributed by atoms with Crippen molar-refractivity contribution < 1.29 is 19.4 Å². The lowest BCUT2D eigenvalue weighted by Crippen LogP contribution is -2.02. The van der Waals surface area contributed by atoms with Crippen LogP contribution in [-0.4, -0.2) is 24.8 Å². The molecule has 0 atom stereocenters. The van der Waals surface area contributed by atoms with Crippen LogP contribution in [0.3, 0.4) is 0 Å². The molecular formula is C28H44O4. The number of unbranched alkanes of at least 4 members (excludes halogenated alkanes) is 12. The Labute approximate surface area is 195 Å². The fourth-order valence-electron chi connectivity index (χ4n) is 3.52. The van der Waals surface area contributed by atoms with Crippen molar-refractivity contribution in [3.8, 4) is 11.5 Å². The van der Waals surface area contributed by atoms with Crippen LogP contribution in [0.15, 0.2) is 36.4 Å². The molecule has 1 aromatic rings. The third kappa shape index (κ3) is 14.7. The maximum Gasteiger partial charge on any atom is 0.330 e. The van der Waals surface area contributed by atoms with E-state index in [1.165, 1.54) is 96.3 Å². The zero-order chi connectivity index (χ0) is 23.3. The van der Waals surface area contributed by atoms with Gasteiger partial charge in [0.05, 0.1) is 13.7 Å². The topological polar surface area (TPSA) is 55.8 Å². The monoisotopic (exact) mass is 444 g/mol. The first-order valence-corrected chi connectivity index (χ1v) is 12.5. The SMILES string of the molecule is CCCC/C=C/CCCCCCCCCCCCOC(=O)/C=C/c1ccc(O)c(OC)c1. The number of benzene rings is 1. The molecule has 1 N–H and O–H groups in total. The van der Waals surface area contributed by atoms with Gasteiger partial charge in [0.25, 0.3) is 0 Å². The second kappa shape index (κ2) is 19.5. The number of esters is 1. The van der Waals surface area contributed by atoms with Gasteiger partial charge in [-0.3, -0.25) is 0 Å². The molecule has 0 unspecified atom stereocenters. The highest BCUT2D eigenvalue weighted by Gasteiger charge is 2.02. The Morgan fingerprint density at radius 2 is 1.47 bits per heavy atom. The molecule has 4 nitrogen and oxygen atoms in total. The van der Waals surface area contributed by atoms with Crippen molar-refractivity contribution in [2.75, 3.05) is 13.7 Å². The Kier molecular flexibility index (Phi) is 16.9. The molecule has 1 rings (SSSR count). The maximum atomic E-state index is 11.8. The third-order valence-electron chi connectivity index (χ3n) is 5.52. The van der Waals surface area contributed by atoms with Crippen molar-refractivity contribution in [1.29, 1.82) is 0 Å². The smallest absolute Gasteiger partial charge is 0.330 e. The van der Waals surface area contributed by atoms with Gasteiger partial charge in [-0.15, -0.1) is 0 Å². The van der Waals surface area contributed by atoms with Crippen molar-refractivity contribution in [1.82, 2.24) is 0 Å². The van der Waals surface area contributed by atoms with Crippen molar-refractivity contribution in [2.24, 2.45) is 0 Å². The van der Waals surface area contributed by atoms with Crippen LogP contribution < -0.4 is 4.74 Å². The van der Waals surface area contributed by atoms with Gasteiger partial charge in [-0.05, 0) is 49.5 Å². The van der Waals surface area contributed by atoms with E-state index in [1.807, 2.05) is 0 Å². The largest absolute Gasteiger partial charge is 0.504 e. The summed E-state index contributed by atoms with van der Waals surface area (Å²) in [5, 5.41) is 9.58. The minimum Gasteiger partial charge on any atom is -0.504 e. The molecule has 1 aromatic carbocycles. The van der Waals surface area contributed by atoms with Gasteiger partial charge >= 0.3 is 5.97 Å². The molecule has 0 spiro atoms. The lowest BCUT2D eigenvalue weighted by molar-refractivity contribution is -0.137. The number of hydrogen-bond acceptors (Lipinski definition) is 4. The van der Waals surface area contributed by atoms with Crippen LogP contribution >= 0.6 is 0 Å². The number of phenolic OH excluding ortho intramolecular Hbond substituents is 1. The highest BCUT2D eigenvalue weighted by Crippen LogP contribution is 2.26. The molecule has 0 aliphatic heterocycles. The molecule has 0 aliphatic rings. The van der Waals surface area contributed by atoms with Crippen LogP contribution in [-0.2, 0) is 9.53 Å². The number of rotatable bonds is 19. The highest BCUT2D eigenvalue weighted by atomic mass is 16.5. The van der Waals surface area contributed by atoms with Crippen LogP contribution in [0.5, 0.6) is 11.5 Å². The highest BCUT2D eigenvalue weighted by molar-refractivity contribution is 5.87. The minimum absolute atomic E-state index is 0.0772. The predicted molar refractivity (Wildman–Crippen MR) is 134 cm³/mol. The first kappa shape index (κ1) is 27.8. The summed E-state index contributed by atoms with van der Waals surface area (Å²) in [5.41, 5.74) is 0.774. The van der Waals surface area contributed by atoms with Crippen molar-refractivity contribution in [2.45, 2.75) is 96.8 Å². The van der Waals surface area contributed by atoms with Gasteiger partial charge in [-0.25, -0.2) is 4.79 Å². The Bertz CT molecular complexity index is 663. The van der Waals surface area contributed by atoms with E-state index in [-0.39, 0.29) is 11.7 Å². The average Bonchev–Trinajstić information content (AvgIpc) is 2.80. The maximum absolute atomic E-state index is 11.8. The average molecular weight is 445 g/mol. The molecule has 0 saturated carbocycles. The lowest BCUT2D eigenvalue weighted by Gasteiger charge is -2.04. The molecule has 4 heteroatoms. The molecule has 32 heavy (non-hydrogen) atoms. The summed E-state index contributed by atoms with van der Waals surface area (Å²) >= 11 is 0. The number of carbonyl (C=O) groups excluding carboxylic acids is 1. The second-order valence-electron chi connectivity index (χ2n) is 8.37. The van der Waals surface area contributed by atoms with E-state index in [0.717, 1.165) is 18.4 Å². The van der Waals surface area contributed by atoms with E-state index >= 15 is 0 Å². The van der Waals surface area contributed by atoms with Crippen LogP contribution in [0.1, 0.15) is 102 Å².